The molecular formula is C21H28N2O. The third-order valence-corrected chi connectivity index (χ3v) is 4.50. The Labute approximate surface area is 145 Å². The number of nitrogens with one attached hydrogen (secondary N) is 1. The first kappa shape index (κ1) is 17.2. The van der Waals surface area contributed by atoms with Gasteiger partial charge in [-0.3, -0.25) is 4.90 Å². The maximum Gasteiger partial charge on any atom is 0.0700 e. The van der Waals surface area contributed by atoms with Crippen molar-refractivity contribution in [2.24, 2.45) is 0 Å². The van der Waals surface area contributed by atoms with Crippen molar-refractivity contribution in [3.63, 3.8) is 0 Å². The van der Waals surface area contributed by atoms with Crippen LogP contribution in [0.5, 0.6) is 0 Å². The fraction of sp³-hybridized carbons (Fsp3) is 0.429. The SMILES string of the molecule is c1ccc(CN(CCNCC2CCCO2)Cc2ccccc2)cc1. The molecule has 24 heavy (non-hydrogen) atoms. The average molecular weight is 324 g/mol. The van der Waals surface area contributed by atoms with E-state index in [9.17, 15) is 0 Å². The number of rotatable bonds is 9. The topological polar surface area (TPSA) is 24.5 Å². The molecule has 1 fully saturated rings. The summed E-state index contributed by atoms with van der Waals surface area (Å²) in [6.45, 7) is 5.91. The lowest BCUT2D eigenvalue weighted by atomic mass is 10.1. The summed E-state index contributed by atoms with van der Waals surface area (Å²) in [6, 6.07) is 21.4. The van der Waals surface area contributed by atoms with Gasteiger partial charge < -0.3 is 10.1 Å². The Kier molecular flexibility index (Phi) is 6.84. The lowest BCUT2D eigenvalue weighted by Crippen LogP contribution is -2.34. The minimum absolute atomic E-state index is 0.418. The van der Waals surface area contributed by atoms with Gasteiger partial charge in [-0.05, 0) is 24.0 Å². The van der Waals surface area contributed by atoms with Crippen molar-refractivity contribution in [3.8, 4) is 0 Å². The van der Waals surface area contributed by atoms with Crippen LogP contribution in [0.2, 0.25) is 0 Å². The third kappa shape index (κ3) is 5.75. The standard InChI is InChI=1S/C21H28N2O/c1-3-8-19(9-4-1)17-23(18-20-10-5-2-6-11-20)14-13-22-16-21-12-7-15-24-21/h1-6,8-11,21-22H,7,12-18H2. The second kappa shape index (κ2) is 9.58. The molecule has 0 aromatic heterocycles. The van der Waals surface area contributed by atoms with Crippen LogP contribution in [-0.4, -0.2) is 37.2 Å². The van der Waals surface area contributed by atoms with Crippen molar-refractivity contribution in [3.05, 3.63) is 71.8 Å². The molecule has 3 rings (SSSR count). The molecule has 1 atom stereocenters. The van der Waals surface area contributed by atoms with Crippen LogP contribution >= 0.6 is 0 Å². The fourth-order valence-corrected chi connectivity index (χ4v) is 3.20. The lowest BCUT2D eigenvalue weighted by Gasteiger charge is -2.23. The highest BCUT2D eigenvalue weighted by Crippen LogP contribution is 2.11. The zero-order valence-corrected chi connectivity index (χ0v) is 14.4. The monoisotopic (exact) mass is 324 g/mol. The van der Waals surface area contributed by atoms with Crippen molar-refractivity contribution < 1.29 is 4.74 Å². The summed E-state index contributed by atoms with van der Waals surface area (Å²) in [4.78, 5) is 2.51. The number of ether oxygens (including phenoxy) is 1. The van der Waals surface area contributed by atoms with E-state index in [0.717, 1.165) is 39.3 Å². The minimum Gasteiger partial charge on any atom is -0.377 e. The Morgan fingerprint density at radius 2 is 1.54 bits per heavy atom. The van der Waals surface area contributed by atoms with E-state index in [2.05, 4.69) is 70.9 Å². The van der Waals surface area contributed by atoms with Crippen LogP contribution in [0.15, 0.2) is 60.7 Å². The fourth-order valence-electron chi connectivity index (χ4n) is 3.20. The molecule has 1 unspecified atom stereocenters. The molecule has 2 aromatic carbocycles. The molecule has 0 amide bonds. The normalized spacial score (nSPS) is 17.5. The number of hydrogen-bond donors (Lipinski definition) is 1. The van der Waals surface area contributed by atoms with Gasteiger partial charge in [0.1, 0.15) is 0 Å². The Hall–Kier alpha value is -1.68. The molecule has 2 aromatic rings. The summed E-state index contributed by atoms with van der Waals surface area (Å²) in [7, 11) is 0. The van der Waals surface area contributed by atoms with E-state index in [0.29, 0.717) is 6.10 Å². The largest absolute Gasteiger partial charge is 0.377 e. The summed E-state index contributed by atoms with van der Waals surface area (Å²) < 4.78 is 5.68. The second-order valence-corrected chi connectivity index (χ2v) is 6.52. The molecule has 1 heterocycles. The summed E-state index contributed by atoms with van der Waals surface area (Å²) in [5.74, 6) is 0. The predicted octanol–water partition coefficient (Wildman–Crippen LogP) is 3.46. The van der Waals surface area contributed by atoms with Gasteiger partial charge in [0.05, 0.1) is 6.10 Å². The van der Waals surface area contributed by atoms with E-state index in [1.807, 2.05) is 0 Å². The highest BCUT2D eigenvalue weighted by Gasteiger charge is 2.14. The van der Waals surface area contributed by atoms with Crippen LogP contribution in [0.25, 0.3) is 0 Å². The van der Waals surface area contributed by atoms with Gasteiger partial charge in [-0.1, -0.05) is 60.7 Å². The minimum atomic E-state index is 0.418. The van der Waals surface area contributed by atoms with Crippen molar-refractivity contribution in [2.45, 2.75) is 32.0 Å². The van der Waals surface area contributed by atoms with E-state index in [-0.39, 0.29) is 0 Å². The Morgan fingerprint density at radius 3 is 2.08 bits per heavy atom. The molecule has 1 aliphatic rings. The molecule has 128 valence electrons. The maximum absolute atomic E-state index is 5.68. The number of nitrogens with zero attached hydrogens (tertiary/aromatic N) is 1. The molecule has 0 spiro atoms. The molecule has 1 aliphatic heterocycles. The van der Waals surface area contributed by atoms with Crippen LogP contribution in [-0.2, 0) is 17.8 Å². The smallest absolute Gasteiger partial charge is 0.0700 e. The van der Waals surface area contributed by atoms with Crippen LogP contribution in [0.1, 0.15) is 24.0 Å². The quantitative estimate of drug-likeness (QED) is 0.715. The van der Waals surface area contributed by atoms with Gasteiger partial charge in [-0.2, -0.15) is 0 Å². The van der Waals surface area contributed by atoms with Gasteiger partial charge in [0.15, 0.2) is 0 Å². The van der Waals surface area contributed by atoms with E-state index in [4.69, 9.17) is 4.74 Å². The maximum atomic E-state index is 5.68. The third-order valence-electron chi connectivity index (χ3n) is 4.50. The predicted molar refractivity (Wildman–Crippen MR) is 98.8 cm³/mol. The van der Waals surface area contributed by atoms with E-state index < -0.39 is 0 Å². The summed E-state index contributed by atoms with van der Waals surface area (Å²) in [5, 5.41) is 3.56. The van der Waals surface area contributed by atoms with Gasteiger partial charge in [-0.15, -0.1) is 0 Å². The summed E-state index contributed by atoms with van der Waals surface area (Å²) in [5.41, 5.74) is 2.74. The molecule has 3 nitrogen and oxygen atoms in total. The molecule has 0 radical (unpaired) electrons. The first-order valence-corrected chi connectivity index (χ1v) is 9.03. The molecule has 0 aliphatic carbocycles. The van der Waals surface area contributed by atoms with Crippen LogP contribution in [0.3, 0.4) is 0 Å². The lowest BCUT2D eigenvalue weighted by molar-refractivity contribution is 0.109. The zero-order valence-electron chi connectivity index (χ0n) is 14.4. The summed E-state index contributed by atoms with van der Waals surface area (Å²) in [6.07, 6.45) is 2.83. The zero-order chi connectivity index (χ0) is 16.5. The van der Waals surface area contributed by atoms with Crippen molar-refractivity contribution in [2.75, 3.05) is 26.2 Å². The number of hydrogen-bond acceptors (Lipinski definition) is 3. The number of benzene rings is 2. The Morgan fingerprint density at radius 1 is 0.917 bits per heavy atom. The first-order valence-electron chi connectivity index (χ1n) is 9.03. The Balaban J connectivity index is 1.50. The van der Waals surface area contributed by atoms with Gasteiger partial charge in [0.25, 0.3) is 0 Å². The summed E-state index contributed by atoms with van der Waals surface area (Å²) >= 11 is 0. The average Bonchev–Trinajstić information content (AvgIpc) is 3.14. The van der Waals surface area contributed by atoms with E-state index in [1.54, 1.807) is 0 Å². The first-order chi connectivity index (χ1) is 11.9. The Bertz CT molecular complexity index is 525. The molecular weight excluding hydrogens is 296 g/mol. The van der Waals surface area contributed by atoms with Crippen LogP contribution in [0, 0.1) is 0 Å². The van der Waals surface area contributed by atoms with Crippen LogP contribution < -0.4 is 5.32 Å². The van der Waals surface area contributed by atoms with Gasteiger partial charge in [0, 0.05) is 39.3 Å². The van der Waals surface area contributed by atoms with Crippen molar-refractivity contribution >= 4 is 0 Å². The van der Waals surface area contributed by atoms with E-state index >= 15 is 0 Å². The van der Waals surface area contributed by atoms with Crippen molar-refractivity contribution in [1.82, 2.24) is 10.2 Å². The second-order valence-electron chi connectivity index (χ2n) is 6.52. The van der Waals surface area contributed by atoms with E-state index in [1.165, 1.54) is 24.0 Å². The van der Waals surface area contributed by atoms with Crippen molar-refractivity contribution in [1.29, 1.82) is 0 Å². The van der Waals surface area contributed by atoms with Gasteiger partial charge in [0.2, 0.25) is 0 Å². The molecule has 3 heteroatoms. The molecule has 1 saturated heterocycles. The molecule has 0 bridgehead atoms. The highest BCUT2D eigenvalue weighted by atomic mass is 16.5. The van der Waals surface area contributed by atoms with Crippen LogP contribution in [0.4, 0.5) is 0 Å². The van der Waals surface area contributed by atoms with Gasteiger partial charge >= 0.3 is 0 Å². The highest BCUT2D eigenvalue weighted by molar-refractivity contribution is 5.17. The molecule has 1 N–H and O–H groups in total. The van der Waals surface area contributed by atoms with Gasteiger partial charge in [-0.25, -0.2) is 0 Å². The molecule has 0 saturated carbocycles.